The molecule has 1 saturated heterocycles. The normalized spacial score (nSPS) is 24.3. The van der Waals surface area contributed by atoms with Gasteiger partial charge in [-0.25, -0.2) is 0 Å². The third-order valence-corrected chi connectivity index (χ3v) is 4.94. The Morgan fingerprint density at radius 3 is 3.05 bits per heavy atom. The molecule has 0 aromatic carbocycles. The Bertz CT molecular complexity index is 353. The van der Waals surface area contributed by atoms with Crippen molar-refractivity contribution in [2.24, 2.45) is 11.7 Å². The molecule has 1 fully saturated rings. The quantitative estimate of drug-likeness (QED) is 0.843. The number of hydrogen-bond donors (Lipinski definition) is 2. The van der Waals surface area contributed by atoms with Crippen LogP contribution in [0.4, 0.5) is 0 Å². The molecule has 3 atom stereocenters. The maximum atomic E-state index is 9.14. The second-order valence-electron chi connectivity index (χ2n) is 5.59. The van der Waals surface area contributed by atoms with E-state index >= 15 is 0 Å². The lowest BCUT2D eigenvalue weighted by Gasteiger charge is -2.40. The standard InChI is InChI=1S/C15H26N2OS/c1-2-14(16)15(13-6-9-19-11-13)17-7-3-4-12(10-17)5-8-18/h6,9,11-12,14-15,18H,2-5,7-8,10,16H2,1H3. The van der Waals surface area contributed by atoms with Gasteiger partial charge in [0.25, 0.3) is 0 Å². The highest BCUT2D eigenvalue weighted by atomic mass is 32.1. The molecule has 3 N–H and O–H groups in total. The maximum absolute atomic E-state index is 9.14. The van der Waals surface area contributed by atoms with Gasteiger partial charge in [0.15, 0.2) is 0 Å². The monoisotopic (exact) mass is 282 g/mol. The second-order valence-corrected chi connectivity index (χ2v) is 6.37. The van der Waals surface area contributed by atoms with E-state index in [1.165, 1.54) is 18.4 Å². The van der Waals surface area contributed by atoms with Crippen LogP contribution in [0.1, 0.15) is 44.2 Å². The zero-order valence-electron chi connectivity index (χ0n) is 11.8. The topological polar surface area (TPSA) is 49.5 Å². The molecular weight excluding hydrogens is 256 g/mol. The van der Waals surface area contributed by atoms with Crippen LogP contribution in [0, 0.1) is 5.92 Å². The fourth-order valence-corrected chi connectivity index (χ4v) is 3.85. The van der Waals surface area contributed by atoms with Gasteiger partial charge in [0.05, 0.1) is 6.04 Å². The molecule has 0 aliphatic carbocycles. The van der Waals surface area contributed by atoms with E-state index < -0.39 is 0 Å². The number of thiophene rings is 1. The first-order chi connectivity index (χ1) is 9.26. The lowest BCUT2D eigenvalue weighted by Crippen LogP contribution is -2.45. The average Bonchev–Trinajstić information content (AvgIpc) is 2.93. The zero-order chi connectivity index (χ0) is 13.7. The Hall–Kier alpha value is -0.420. The minimum Gasteiger partial charge on any atom is -0.396 e. The van der Waals surface area contributed by atoms with Crippen LogP contribution in [0.25, 0.3) is 0 Å². The summed E-state index contributed by atoms with van der Waals surface area (Å²) in [5, 5.41) is 13.5. The van der Waals surface area contributed by atoms with Gasteiger partial charge in [0.2, 0.25) is 0 Å². The van der Waals surface area contributed by atoms with Gasteiger partial charge in [0.1, 0.15) is 0 Å². The third kappa shape index (κ3) is 3.78. The van der Waals surface area contributed by atoms with Crippen molar-refractivity contribution in [1.29, 1.82) is 0 Å². The molecule has 1 aliphatic heterocycles. The highest BCUT2D eigenvalue weighted by Gasteiger charge is 2.30. The first-order valence-electron chi connectivity index (χ1n) is 7.38. The average molecular weight is 282 g/mol. The largest absolute Gasteiger partial charge is 0.396 e. The zero-order valence-corrected chi connectivity index (χ0v) is 12.6. The van der Waals surface area contributed by atoms with Crippen molar-refractivity contribution >= 4 is 11.3 Å². The van der Waals surface area contributed by atoms with Crippen LogP contribution in [0.5, 0.6) is 0 Å². The Kier molecular flexibility index (Phi) is 5.82. The molecule has 108 valence electrons. The van der Waals surface area contributed by atoms with Crippen molar-refractivity contribution in [3.05, 3.63) is 22.4 Å². The van der Waals surface area contributed by atoms with E-state index in [-0.39, 0.29) is 6.04 Å². The number of nitrogens with zero attached hydrogens (tertiary/aromatic N) is 1. The molecule has 4 heteroatoms. The first-order valence-corrected chi connectivity index (χ1v) is 8.33. The van der Waals surface area contributed by atoms with Gasteiger partial charge in [0, 0.05) is 19.2 Å². The Balaban J connectivity index is 2.09. The summed E-state index contributed by atoms with van der Waals surface area (Å²) in [6.45, 7) is 4.69. The highest BCUT2D eigenvalue weighted by molar-refractivity contribution is 7.07. The van der Waals surface area contributed by atoms with Gasteiger partial charge in [-0.1, -0.05) is 6.92 Å². The summed E-state index contributed by atoms with van der Waals surface area (Å²) in [6, 6.07) is 2.75. The van der Waals surface area contributed by atoms with Crippen LogP contribution in [0.3, 0.4) is 0 Å². The molecule has 2 rings (SSSR count). The molecule has 0 bridgehead atoms. The van der Waals surface area contributed by atoms with Gasteiger partial charge in [-0.3, -0.25) is 4.90 Å². The maximum Gasteiger partial charge on any atom is 0.0507 e. The predicted molar refractivity (Wildman–Crippen MR) is 81.3 cm³/mol. The fraction of sp³-hybridized carbons (Fsp3) is 0.733. The van der Waals surface area contributed by atoms with Crippen LogP contribution in [-0.2, 0) is 0 Å². The summed E-state index contributed by atoms with van der Waals surface area (Å²) in [4.78, 5) is 2.54. The first kappa shape index (κ1) is 15.0. The van der Waals surface area contributed by atoms with Gasteiger partial charge >= 0.3 is 0 Å². The summed E-state index contributed by atoms with van der Waals surface area (Å²) < 4.78 is 0. The van der Waals surface area contributed by atoms with E-state index in [0.717, 1.165) is 25.9 Å². The number of piperidine rings is 1. The minimum atomic E-state index is 0.197. The predicted octanol–water partition coefficient (Wildman–Crippen LogP) is 2.62. The SMILES string of the molecule is CCC(N)C(c1ccsc1)N1CCCC(CCO)C1. The summed E-state index contributed by atoms with van der Waals surface area (Å²) in [5.41, 5.74) is 7.74. The molecular formula is C15H26N2OS. The molecule has 1 aliphatic rings. The summed E-state index contributed by atoms with van der Waals surface area (Å²) >= 11 is 1.75. The summed E-state index contributed by atoms with van der Waals surface area (Å²) in [6.07, 6.45) is 4.40. The molecule has 1 aromatic heterocycles. The van der Waals surface area contributed by atoms with Crippen molar-refractivity contribution in [2.75, 3.05) is 19.7 Å². The molecule has 0 amide bonds. The summed E-state index contributed by atoms with van der Waals surface area (Å²) in [5.74, 6) is 0.629. The van der Waals surface area contributed by atoms with Crippen LogP contribution in [0.2, 0.25) is 0 Å². The van der Waals surface area contributed by atoms with E-state index in [4.69, 9.17) is 10.8 Å². The van der Waals surface area contributed by atoms with E-state index in [9.17, 15) is 0 Å². The fourth-order valence-electron chi connectivity index (χ4n) is 3.16. The molecule has 19 heavy (non-hydrogen) atoms. The van der Waals surface area contributed by atoms with E-state index in [1.54, 1.807) is 11.3 Å². The highest BCUT2D eigenvalue weighted by Crippen LogP contribution is 2.31. The van der Waals surface area contributed by atoms with Crippen LogP contribution in [0.15, 0.2) is 16.8 Å². The number of rotatable bonds is 6. The number of nitrogens with two attached hydrogens (primary N) is 1. The lowest BCUT2D eigenvalue weighted by molar-refractivity contribution is 0.0932. The Morgan fingerprint density at radius 2 is 2.42 bits per heavy atom. The minimum absolute atomic E-state index is 0.197. The van der Waals surface area contributed by atoms with Crippen molar-refractivity contribution in [1.82, 2.24) is 4.90 Å². The Morgan fingerprint density at radius 1 is 1.58 bits per heavy atom. The van der Waals surface area contributed by atoms with Gasteiger partial charge in [-0.05, 0) is 60.5 Å². The van der Waals surface area contributed by atoms with Crippen molar-refractivity contribution in [3.63, 3.8) is 0 Å². The molecule has 2 heterocycles. The molecule has 0 radical (unpaired) electrons. The number of hydrogen-bond acceptors (Lipinski definition) is 4. The van der Waals surface area contributed by atoms with E-state index in [0.29, 0.717) is 18.6 Å². The number of aliphatic hydroxyl groups excluding tert-OH is 1. The van der Waals surface area contributed by atoms with Crippen LogP contribution >= 0.6 is 11.3 Å². The summed E-state index contributed by atoms with van der Waals surface area (Å²) in [7, 11) is 0. The molecule has 0 saturated carbocycles. The van der Waals surface area contributed by atoms with E-state index in [2.05, 4.69) is 28.7 Å². The van der Waals surface area contributed by atoms with Crippen molar-refractivity contribution in [3.8, 4) is 0 Å². The number of aliphatic hydroxyl groups is 1. The molecule has 1 aromatic rings. The van der Waals surface area contributed by atoms with Crippen molar-refractivity contribution in [2.45, 2.75) is 44.7 Å². The van der Waals surface area contributed by atoms with Gasteiger partial charge < -0.3 is 10.8 Å². The molecule has 3 unspecified atom stereocenters. The van der Waals surface area contributed by atoms with Crippen molar-refractivity contribution < 1.29 is 5.11 Å². The Labute approximate surface area is 120 Å². The van der Waals surface area contributed by atoms with Crippen LogP contribution in [-0.4, -0.2) is 35.7 Å². The third-order valence-electron chi connectivity index (χ3n) is 4.24. The second kappa shape index (κ2) is 7.39. The molecule has 3 nitrogen and oxygen atoms in total. The smallest absolute Gasteiger partial charge is 0.0507 e. The molecule has 0 spiro atoms. The number of likely N-dealkylation sites (tertiary alicyclic amines) is 1. The lowest BCUT2D eigenvalue weighted by atomic mass is 9.90. The van der Waals surface area contributed by atoms with Crippen LogP contribution < -0.4 is 5.73 Å². The van der Waals surface area contributed by atoms with Gasteiger partial charge in [-0.2, -0.15) is 11.3 Å². The van der Waals surface area contributed by atoms with E-state index in [1.807, 2.05) is 0 Å². The van der Waals surface area contributed by atoms with Gasteiger partial charge in [-0.15, -0.1) is 0 Å².